The molecule has 2 fully saturated rings. The van der Waals surface area contributed by atoms with Gasteiger partial charge in [0.05, 0.1) is 17.6 Å². The van der Waals surface area contributed by atoms with Crippen LogP contribution in [-0.2, 0) is 6.54 Å². The lowest BCUT2D eigenvalue weighted by molar-refractivity contribution is 0.225. The number of fused-ring (bicyclic) bond motifs is 1. The SMILES string of the molecule is Clc1ccc2c(c1)nc(CN1CCNCC1)n2C1CC1. The summed E-state index contributed by atoms with van der Waals surface area (Å²) in [5.41, 5.74) is 2.27. The molecule has 5 heteroatoms. The highest BCUT2D eigenvalue weighted by Crippen LogP contribution is 2.39. The van der Waals surface area contributed by atoms with Gasteiger partial charge in [-0.15, -0.1) is 0 Å². The fraction of sp³-hybridized carbons (Fsp3) is 0.533. The topological polar surface area (TPSA) is 33.1 Å². The van der Waals surface area contributed by atoms with E-state index >= 15 is 0 Å². The van der Waals surface area contributed by atoms with Crippen molar-refractivity contribution in [2.45, 2.75) is 25.4 Å². The van der Waals surface area contributed by atoms with E-state index < -0.39 is 0 Å². The molecule has 4 nitrogen and oxygen atoms in total. The van der Waals surface area contributed by atoms with Gasteiger partial charge >= 0.3 is 0 Å². The number of rotatable bonds is 3. The fourth-order valence-corrected chi connectivity index (χ4v) is 3.21. The molecule has 0 radical (unpaired) electrons. The number of halogens is 1. The number of imidazole rings is 1. The van der Waals surface area contributed by atoms with Crippen LogP contribution < -0.4 is 5.32 Å². The summed E-state index contributed by atoms with van der Waals surface area (Å²) in [6.45, 7) is 5.32. The van der Waals surface area contributed by atoms with Gasteiger partial charge in [0.2, 0.25) is 0 Å². The summed E-state index contributed by atoms with van der Waals surface area (Å²) < 4.78 is 2.44. The van der Waals surface area contributed by atoms with Gasteiger partial charge in [-0.3, -0.25) is 4.90 Å². The van der Waals surface area contributed by atoms with Gasteiger partial charge in [0.1, 0.15) is 5.82 Å². The van der Waals surface area contributed by atoms with Crippen LogP contribution in [0.5, 0.6) is 0 Å². The first-order valence-electron chi connectivity index (χ1n) is 7.41. The summed E-state index contributed by atoms with van der Waals surface area (Å²) in [6, 6.07) is 6.72. The Morgan fingerprint density at radius 2 is 2.05 bits per heavy atom. The van der Waals surface area contributed by atoms with Crippen molar-refractivity contribution in [3.05, 3.63) is 29.0 Å². The van der Waals surface area contributed by atoms with Crippen LogP contribution in [0.4, 0.5) is 0 Å². The lowest BCUT2D eigenvalue weighted by atomic mass is 10.3. The Bertz CT molecular complexity index is 626. The average Bonchev–Trinajstić information content (AvgIpc) is 3.22. The lowest BCUT2D eigenvalue weighted by Gasteiger charge is -2.27. The standard InChI is InChI=1S/C15H19ClN4/c16-11-1-4-14-13(9-11)18-15(20(14)12-2-3-12)10-19-7-5-17-6-8-19/h1,4,9,12,17H,2-3,5-8,10H2. The maximum atomic E-state index is 6.10. The zero-order chi connectivity index (χ0) is 13.5. The summed E-state index contributed by atoms with van der Waals surface area (Å²) >= 11 is 6.10. The van der Waals surface area contributed by atoms with Crippen molar-refractivity contribution in [1.82, 2.24) is 19.8 Å². The van der Waals surface area contributed by atoms with Crippen LogP contribution >= 0.6 is 11.6 Å². The number of nitrogens with one attached hydrogen (secondary N) is 1. The highest BCUT2D eigenvalue weighted by atomic mass is 35.5. The number of benzene rings is 1. The monoisotopic (exact) mass is 290 g/mol. The van der Waals surface area contributed by atoms with E-state index in [9.17, 15) is 0 Å². The van der Waals surface area contributed by atoms with Crippen LogP contribution in [0.25, 0.3) is 11.0 Å². The van der Waals surface area contributed by atoms with Crippen LogP contribution in [0.3, 0.4) is 0 Å². The zero-order valence-corrected chi connectivity index (χ0v) is 12.2. The van der Waals surface area contributed by atoms with E-state index in [1.54, 1.807) is 0 Å². The van der Waals surface area contributed by atoms with E-state index in [1.165, 1.54) is 24.2 Å². The Morgan fingerprint density at radius 1 is 1.25 bits per heavy atom. The number of piperazine rings is 1. The third-order valence-electron chi connectivity index (χ3n) is 4.21. The molecule has 1 saturated heterocycles. The first kappa shape index (κ1) is 12.6. The summed E-state index contributed by atoms with van der Waals surface area (Å²) in [4.78, 5) is 7.33. The predicted octanol–water partition coefficient (Wildman–Crippen LogP) is 2.43. The summed E-state index contributed by atoms with van der Waals surface area (Å²) in [7, 11) is 0. The van der Waals surface area contributed by atoms with Crippen LogP contribution in [0.2, 0.25) is 5.02 Å². The second kappa shape index (κ2) is 5.02. The van der Waals surface area contributed by atoms with Crippen molar-refractivity contribution in [3.8, 4) is 0 Å². The summed E-state index contributed by atoms with van der Waals surface area (Å²) in [5.74, 6) is 1.20. The maximum absolute atomic E-state index is 6.10. The minimum atomic E-state index is 0.652. The van der Waals surface area contributed by atoms with Gasteiger partial charge in [0, 0.05) is 37.2 Å². The normalized spacial score (nSPS) is 20.6. The lowest BCUT2D eigenvalue weighted by Crippen LogP contribution is -2.43. The van der Waals surface area contributed by atoms with Crippen LogP contribution in [0, 0.1) is 0 Å². The van der Waals surface area contributed by atoms with Gasteiger partial charge < -0.3 is 9.88 Å². The molecule has 106 valence electrons. The molecule has 1 N–H and O–H groups in total. The van der Waals surface area contributed by atoms with E-state index in [0.717, 1.165) is 43.3 Å². The quantitative estimate of drug-likeness (QED) is 0.942. The first-order valence-corrected chi connectivity index (χ1v) is 7.78. The molecule has 0 unspecified atom stereocenters. The molecule has 0 atom stereocenters. The number of aromatic nitrogens is 2. The molecular weight excluding hydrogens is 272 g/mol. The van der Waals surface area contributed by atoms with Crippen molar-refractivity contribution in [2.75, 3.05) is 26.2 Å². The average molecular weight is 291 g/mol. The van der Waals surface area contributed by atoms with E-state index in [2.05, 4.69) is 20.9 Å². The smallest absolute Gasteiger partial charge is 0.124 e. The largest absolute Gasteiger partial charge is 0.324 e. The second-order valence-corrected chi connectivity index (χ2v) is 6.22. The molecule has 1 aromatic carbocycles. The van der Waals surface area contributed by atoms with Crippen LogP contribution in [0.15, 0.2) is 18.2 Å². The molecule has 2 aliphatic rings. The molecule has 20 heavy (non-hydrogen) atoms. The molecule has 1 aliphatic carbocycles. The highest BCUT2D eigenvalue weighted by molar-refractivity contribution is 6.31. The molecule has 1 aromatic heterocycles. The van der Waals surface area contributed by atoms with E-state index in [1.807, 2.05) is 12.1 Å². The van der Waals surface area contributed by atoms with Gasteiger partial charge in [-0.25, -0.2) is 4.98 Å². The van der Waals surface area contributed by atoms with Crippen molar-refractivity contribution >= 4 is 22.6 Å². The van der Waals surface area contributed by atoms with Crippen LogP contribution in [0.1, 0.15) is 24.7 Å². The van der Waals surface area contributed by atoms with Crippen molar-refractivity contribution in [3.63, 3.8) is 0 Å². The van der Waals surface area contributed by atoms with Crippen molar-refractivity contribution in [1.29, 1.82) is 0 Å². The maximum Gasteiger partial charge on any atom is 0.124 e. The molecular formula is C15H19ClN4. The second-order valence-electron chi connectivity index (χ2n) is 5.79. The molecule has 2 aromatic rings. The Morgan fingerprint density at radius 3 is 2.80 bits per heavy atom. The molecule has 1 saturated carbocycles. The van der Waals surface area contributed by atoms with Crippen molar-refractivity contribution < 1.29 is 0 Å². The zero-order valence-electron chi connectivity index (χ0n) is 11.5. The van der Waals surface area contributed by atoms with E-state index in [0.29, 0.717) is 6.04 Å². The van der Waals surface area contributed by atoms with Gasteiger partial charge in [-0.05, 0) is 31.0 Å². The van der Waals surface area contributed by atoms with Gasteiger partial charge in [0.15, 0.2) is 0 Å². The Kier molecular flexibility index (Phi) is 3.17. The molecule has 2 heterocycles. The highest BCUT2D eigenvalue weighted by Gasteiger charge is 2.28. The number of hydrogen-bond donors (Lipinski definition) is 1. The fourth-order valence-electron chi connectivity index (χ4n) is 3.04. The van der Waals surface area contributed by atoms with Gasteiger partial charge in [-0.2, -0.15) is 0 Å². The van der Waals surface area contributed by atoms with E-state index in [4.69, 9.17) is 16.6 Å². The third kappa shape index (κ3) is 2.32. The molecule has 4 rings (SSSR count). The minimum Gasteiger partial charge on any atom is -0.324 e. The molecule has 1 aliphatic heterocycles. The Hall–Kier alpha value is -1.10. The first-order chi connectivity index (χ1) is 9.81. The van der Waals surface area contributed by atoms with Gasteiger partial charge in [-0.1, -0.05) is 11.6 Å². The van der Waals surface area contributed by atoms with Gasteiger partial charge in [0.25, 0.3) is 0 Å². The number of nitrogens with zero attached hydrogens (tertiary/aromatic N) is 3. The molecule has 0 bridgehead atoms. The molecule has 0 amide bonds. The van der Waals surface area contributed by atoms with Crippen molar-refractivity contribution in [2.24, 2.45) is 0 Å². The van der Waals surface area contributed by atoms with Crippen LogP contribution in [-0.4, -0.2) is 40.6 Å². The predicted molar refractivity (Wildman–Crippen MR) is 81.2 cm³/mol. The summed E-state index contributed by atoms with van der Waals surface area (Å²) in [5, 5.41) is 4.17. The summed E-state index contributed by atoms with van der Waals surface area (Å²) in [6.07, 6.45) is 2.56. The number of hydrogen-bond acceptors (Lipinski definition) is 3. The Balaban J connectivity index is 1.71. The Labute approximate surface area is 123 Å². The molecule has 0 spiro atoms. The van der Waals surface area contributed by atoms with E-state index in [-0.39, 0.29) is 0 Å². The third-order valence-corrected chi connectivity index (χ3v) is 4.45. The minimum absolute atomic E-state index is 0.652.